The summed E-state index contributed by atoms with van der Waals surface area (Å²) in [6.45, 7) is 4.76. The van der Waals surface area contributed by atoms with Gasteiger partial charge in [0.05, 0.1) is 11.3 Å². The molecule has 3 heteroatoms. The van der Waals surface area contributed by atoms with Crippen LogP contribution >= 0.6 is 0 Å². The molecule has 0 saturated heterocycles. The average molecular weight is 255 g/mol. The Morgan fingerprint density at radius 3 is 2.53 bits per heavy atom. The Morgan fingerprint density at radius 1 is 1.16 bits per heavy atom. The smallest absolute Gasteiger partial charge is 0.337 e. The molecule has 0 aliphatic rings. The van der Waals surface area contributed by atoms with E-state index >= 15 is 0 Å². The van der Waals surface area contributed by atoms with Gasteiger partial charge in [-0.2, -0.15) is 0 Å². The molecule has 2 aromatic carbocycles. The van der Waals surface area contributed by atoms with E-state index in [1.54, 1.807) is 12.1 Å². The highest BCUT2D eigenvalue weighted by Gasteiger charge is 2.15. The lowest BCUT2D eigenvalue weighted by Gasteiger charge is -2.25. The van der Waals surface area contributed by atoms with Crippen LogP contribution in [-0.2, 0) is 0 Å². The van der Waals surface area contributed by atoms with Gasteiger partial charge in [0.1, 0.15) is 0 Å². The van der Waals surface area contributed by atoms with Crippen LogP contribution in [0.2, 0.25) is 0 Å². The van der Waals surface area contributed by atoms with Crippen LogP contribution in [-0.4, -0.2) is 17.6 Å². The predicted octanol–water partition coefficient (Wildman–Crippen LogP) is 3.85. The number of rotatable bonds is 4. The van der Waals surface area contributed by atoms with Gasteiger partial charge in [0.15, 0.2) is 0 Å². The molecule has 2 aromatic rings. The zero-order valence-corrected chi connectivity index (χ0v) is 11.1. The Labute approximate surface area is 113 Å². The third-order valence-corrected chi connectivity index (χ3v) is 3.05. The number of carbonyl (C=O) groups is 1. The molecule has 0 aliphatic heterocycles. The highest BCUT2D eigenvalue weighted by molar-refractivity contribution is 5.95. The number of carboxylic acid groups (broad SMARTS) is 1. The van der Waals surface area contributed by atoms with Crippen LogP contribution in [0.4, 0.5) is 11.4 Å². The fourth-order valence-corrected chi connectivity index (χ4v) is 2.18. The molecule has 98 valence electrons. The molecule has 0 amide bonds. The molecule has 3 nitrogen and oxygen atoms in total. The molecule has 0 saturated carbocycles. The standard InChI is InChI=1S/C16H17NO2/c1-3-17(13-8-6-7-12(2)11-13)15-10-5-4-9-14(15)16(18)19/h4-11H,3H2,1-2H3,(H,18,19). The second-order valence-corrected chi connectivity index (χ2v) is 4.41. The molecule has 0 heterocycles. The number of aromatic carboxylic acids is 1. The Balaban J connectivity index is 2.51. The van der Waals surface area contributed by atoms with E-state index in [1.807, 2.05) is 49.1 Å². The van der Waals surface area contributed by atoms with Crippen molar-refractivity contribution in [3.05, 3.63) is 59.7 Å². The Kier molecular flexibility index (Phi) is 3.85. The van der Waals surface area contributed by atoms with Gasteiger partial charge in [0, 0.05) is 12.2 Å². The van der Waals surface area contributed by atoms with Crippen LogP contribution in [0.1, 0.15) is 22.8 Å². The van der Waals surface area contributed by atoms with Gasteiger partial charge < -0.3 is 10.0 Å². The van der Waals surface area contributed by atoms with Gasteiger partial charge in [-0.05, 0) is 43.7 Å². The van der Waals surface area contributed by atoms with Gasteiger partial charge in [-0.15, -0.1) is 0 Å². The molecule has 0 aromatic heterocycles. The van der Waals surface area contributed by atoms with E-state index in [0.717, 1.165) is 16.9 Å². The van der Waals surface area contributed by atoms with Crippen molar-refractivity contribution in [3.63, 3.8) is 0 Å². The van der Waals surface area contributed by atoms with Crippen LogP contribution in [0.15, 0.2) is 48.5 Å². The summed E-state index contributed by atoms with van der Waals surface area (Å²) in [6, 6.07) is 15.1. The second kappa shape index (κ2) is 5.57. The fraction of sp³-hybridized carbons (Fsp3) is 0.188. The number of aryl methyl sites for hydroxylation is 1. The number of hydrogen-bond acceptors (Lipinski definition) is 2. The number of carboxylic acids is 1. The maximum Gasteiger partial charge on any atom is 0.337 e. The van der Waals surface area contributed by atoms with E-state index in [-0.39, 0.29) is 0 Å². The van der Waals surface area contributed by atoms with E-state index in [9.17, 15) is 9.90 Å². The summed E-state index contributed by atoms with van der Waals surface area (Å²) in [6.07, 6.45) is 0. The second-order valence-electron chi connectivity index (χ2n) is 4.41. The minimum Gasteiger partial charge on any atom is -0.478 e. The molecule has 0 bridgehead atoms. The first kappa shape index (κ1) is 13.1. The van der Waals surface area contributed by atoms with Gasteiger partial charge in [0.25, 0.3) is 0 Å². The lowest BCUT2D eigenvalue weighted by atomic mass is 10.1. The Bertz CT molecular complexity index is 593. The van der Waals surface area contributed by atoms with Crippen LogP contribution in [0.25, 0.3) is 0 Å². The molecule has 0 aliphatic carbocycles. The minimum atomic E-state index is -0.901. The van der Waals surface area contributed by atoms with Crippen molar-refractivity contribution < 1.29 is 9.90 Å². The average Bonchev–Trinajstić information content (AvgIpc) is 2.40. The van der Waals surface area contributed by atoms with E-state index in [4.69, 9.17) is 0 Å². The van der Waals surface area contributed by atoms with Crippen LogP contribution in [0.5, 0.6) is 0 Å². The SMILES string of the molecule is CCN(c1cccc(C)c1)c1ccccc1C(=O)O. The third-order valence-electron chi connectivity index (χ3n) is 3.05. The van der Waals surface area contributed by atoms with Crippen molar-refractivity contribution in [2.75, 3.05) is 11.4 Å². The van der Waals surface area contributed by atoms with Gasteiger partial charge in [-0.25, -0.2) is 4.79 Å². The number of para-hydroxylation sites is 1. The molecule has 2 rings (SSSR count). The van der Waals surface area contributed by atoms with Crippen molar-refractivity contribution in [2.24, 2.45) is 0 Å². The van der Waals surface area contributed by atoms with Crippen molar-refractivity contribution in [1.82, 2.24) is 0 Å². The zero-order chi connectivity index (χ0) is 13.8. The molecule has 0 radical (unpaired) electrons. The van der Waals surface area contributed by atoms with E-state index in [1.165, 1.54) is 0 Å². The number of benzene rings is 2. The molecule has 1 N–H and O–H groups in total. The number of anilines is 2. The van der Waals surface area contributed by atoms with Crippen LogP contribution in [0.3, 0.4) is 0 Å². The summed E-state index contributed by atoms with van der Waals surface area (Å²) in [4.78, 5) is 13.3. The summed E-state index contributed by atoms with van der Waals surface area (Å²) >= 11 is 0. The number of hydrogen-bond donors (Lipinski definition) is 1. The van der Waals surface area contributed by atoms with Crippen molar-refractivity contribution in [3.8, 4) is 0 Å². The van der Waals surface area contributed by atoms with E-state index in [2.05, 4.69) is 6.07 Å². The molecule has 0 atom stereocenters. The third kappa shape index (κ3) is 2.76. The quantitative estimate of drug-likeness (QED) is 0.902. The lowest BCUT2D eigenvalue weighted by Crippen LogP contribution is -2.19. The van der Waals surface area contributed by atoms with Gasteiger partial charge in [-0.1, -0.05) is 24.3 Å². The Hall–Kier alpha value is -2.29. The van der Waals surface area contributed by atoms with Gasteiger partial charge in [0.2, 0.25) is 0 Å². The molecule has 0 fully saturated rings. The fourth-order valence-electron chi connectivity index (χ4n) is 2.18. The van der Waals surface area contributed by atoms with Crippen LogP contribution in [0, 0.1) is 6.92 Å². The molecule has 0 unspecified atom stereocenters. The normalized spacial score (nSPS) is 10.2. The first-order valence-corrected chi connectivity index (χ1v) is 6.30. The summed E-state index contributed by atoms with van der Waals surface area (Å²) in [5.74, 6) is -0.901. The largest absolute Gasteiger partial charge is 0.478 e. The molecule has 19 heavy (non-hydrogen) atoms. The zero-order valence-electron chi connectivity index (χ0n) is 11.1. The summed E-state index contributed by atoms with van der Waals surface area (Å²) in [5.41, 5.74) is 3.22. The predicted molar refractivity (Wildman–Crippen MR) is 77.3 cm³/mol. The lowest BCUT2D eigenvalue weighted by molar-refractivity contribution is 0.0697. The highest BCUT2D eigenvalue weighted by atomic mass is 16.4. The maximum atomic E-state index is 11.3. The molecule has 0 spiro atoms. The summed E-state index contributed by atoms with van der Waals surface area (Å²) in [7, 11) is 0. The first-order chi connectivity index (χ1) is 9.13. The Morgan fingerprint density at radius 2 is 1.89 bits per heavy atom. The topological polar surface area (TPSA) is 40.5 Å². The summed E-state index contributed by atoms with van der Waals surface area (Å²) in [5, 5.41) is 9.28. The van der Waals surface area contributed by atoms with Crippen molar-refractivity contribution >= 4 is 17.3 Å². The molecular formula is C16H17NO2. The van der Waals surface area contributed by atoms with Crippen molar-refractivity contribution in [1.29, 1.82) is 0 Å². The number of nitrogens with zero attached hydrogens (tertiary/aromatic N) is 1. The van der Waals surface area contributed by atoms with Crippen LogP contribution < -0.4 is 4.90 Å². The van der Waals surface area contributed by atoms with Gasteiger partial charge in [-0.3, -0.25) is 0 Å². The van der Waals surface area contributed by atoms with Gasteiger partial charge >= 0.3 is 5.97 Å². The summed E-state index contributed by atoms with van der Waals surface area (Å²) < 4.78 is 0. The van der Waals surface area contributed by atoms with E-state index in [0.29, 0.717) is 12.1 Å². The first-order valence-electron chi connectivity index (χ1n) is 6.30. The molecular weight excluding hydrogens is 238 g/mol. The minimum absolute atomic E-state index is 0.325. The highest BCUT2D eigenvalue weighted by Crippen LogP contribution is 2.28. The van der Waals surface area contributed by atoms with E-state index < -0.39 is 5.97 Å². The monoisotopic (exact) mass is 255 g/mol. The van der Waals surface area contributed by atoms with Crippen molar-refractivity contribution in [2.45, 2.75) is 13.8 Å². The maximum absolute atomic E-state index is 11.3.